The van der Waals surface area contributed by atoms with Gasteiger partial charge in [-0.25, -0.2) is 9.37 Å². The van der Waals surface area contributed by atoms with Crippen LogP contribution in [0, 0.1) is 21.8 Å². The second-order valence-corrected chi connectivity index (χ2v) is 6.55. The van der Waals surface area contributed by atoms with Crippen molar-refractivity contribution in [2.45, 2.75) is 12.8 Å². The summed E-state index contributed by atoms with van der Waals surface area (Å²) in [6.07, 6.45) is 1.45. The van der Waals surface area contributed by atoms with Crippen LogP contribution in [0.25, 0.3) is 0 Å². The first-order valence-electron chi connectivity index (χ1n) is 8.83. The van der Waals surface area contributed by atoms with Crippen LogP contribution in [-0.4, -0.2) is 36.0 Å². The van der Waals surface area contributed by atoms with Crippen molar-refractivity contribution in [1.29, 1.82) is 0 Å². The molecule has 3 rings (SSSR count). The van der Waals surface area contributed by atoms with Crippen molar-refractivity contribution in [3.05, 3.63) is 46.3 Å². The number of halogens is 1. The molecule has 9 nitrogen and oxygen atoms in total. The van der Waals surface area contributed by atoms with Gasteiger partial charge >= 0.3 is 5.69 Å². The summed E-state index contributed by atoms with van der Waals surface area (Å²) in [5.74, 6) is -0.734. The number of hydrogen-bond acceptors (Lipinski definition) is 7. The molecule has 0 aliphatic carbocycles. The van der Waals surface area contributed by atoms with E-state index in [1.54, 1.807) is 24.1 Å². The van der Waals surface area contributed by atoms with Crippen LogP contribution in [0.4, 0.5) is 33.1 Å². The third-order valence-corrected chi connectivity index (χ3v) is 4.70. The number of amides is 1. The van der Waals surface area contributed by atoms with E-state index in [4.69, 9.17) is 5.73 Å². The number of hydrogen-bond donors (Lipinski definition) is 3. The molecular weight excluding hydrogens is 367 g/mol. The van der Waals surface area contributed by atoms with Gasteiger partial charge in [0, 0.05) is 31.9 Å². The van der Waals surface area contributed by atoms with E-state index in [1.807, 2.05) is 0 Å². The zero-order chi connectivity index (χ0) is 20.3. The van der Waals surface area contributed by atoms with Crippen LogP contribution in [0.3, 0.4) is 0 Å². The SMILES string of the molecule is CNc1ccc([N+](=O)[O-])c(Nc2ccc(N3CCCC(C(N)=O)C3)c(F)c2)n1. The van der Waals surface area contributed by atoms with Gasteiger partial charge in [0.2, 0.25) is 11.7 Å². The Morgan fingerprint density at radius 2 is 2.18 bits per heavy atom. The molecule has 2 heterocycles. The Morgan fingerprint density at radius 3 is 2.82 bits per heavy atom. The van der Waals surface area contributed by atoms with Crippen molar-refractivity contribution < 1.29 is 14.1 Å². The van der Waals surface area contributed by atoms with Crippen LogP contribution < -0.4 is 21.3 Å². The van der Waals surface area contributed by atoms with E-state index >= 15 is 0 Å². The largest absolute Gasteiger partial charge is 0.373 e. The van der Waals surface area contributed by atoms with E-state index in [0.717, 1.165) is 6.42 Å². The number of carbonyl (C=O) groups excluding carboxylic acids is 1. The number of anilines is 4. The predicted octanol–water partition coefficient (Wildman–Crippen LogP) is 2.62. The van der Waals surface area contributed by atoms with E-state index in [9.17, 15) is 19.3 Å². The smallest absolute Gasteiger partial charge is 0.311 e. The predicted molar refractivity (Wildman–Crippen MR) is 104 cm³/mol. The van der Waals surface area contributed by atoms with E-state index in [0.29, 0.717) is 36.7 Å². The zero-order valence-corrected chi connectivity index (χ0v) is 15.3. The highest BCUT2D eigenvalue weighted by Crippen LogP contribution is 2.31. The van der Waals surface area contributed by atoms with Crippen molar-refractivity contribution >= 4 is 34.6 Å². The van der Waals surface area contributed by atoms with Gasteiger partial charge < -0.3 is 21.3 Å². The van der Waals surface area contributed by atoms with Crippen molar-refractivity contribution in [2.24, 2.45) is 11.7 Å². The molecule has 1 saturated heterocycles. The fourth-order valence-electron chi connectivity index (χ4n) is 3.24. The van der Waals surface area contributed by atoms with E-state index in [1.165, 1.54) is 18.2 Å². The lowest BCUT2D eigenvalue weighted by atomic mass is 9.97. The zero-order valence-electron chi connectivity index (χ0n) is 15.3. The fourth-order valence-corrected chi connectivity index (χ4v) is 3.24. The molecule has 1 aliphatic heterocycles. The number of nitro groups is 1. The molecule has 1 amide bonds. The van der Waals surface area contributed by atoms with Crippen molar-refractivity contribution in [1.82, 2.24) is 4.98 Å². The molecule has 10 heteroatoms. The van der Waals surface area contributed by atoms with Crippen molar-refractivity contribution in [2.75, 3.05) is 35.7 Å². The molecule has 1 atom stereocenters. The van der Waals surface area contributed by atoms with Crippen molar-refractivity contribution in [3.8, 4) is 0 Å². The Kier molecular flexibility index (Phi) is 5.57. The number of nitrogens with zero attached hydrogens (tertiary/aromatic N) is 3. The molecular formula is C18H21FN6O3. The van der Waals surface area contributed by atoms with Crippen LogP contribution in [0.5, 0.6) is 0 Å². The summed E-state index contributed by atoms with van der Waals surface area (Å²) < 4.78 is 14.7. The summed E-state index contributed by atoms with van der Waals surface area (Å²) in [7, 11) is 1.64. The molecule has 0 bridgehead atoms. The van der Waals surface area contributed by atoms with Gasteiger partial charge in [0.05, 0.1) is 16.5 Å². The van der Waals surface area contributed by atoms with Gasteiger partial charge in [-0.15, -0.1) is 0 Å². The van der Waals surface area contributed by atoms with Gasteiger partial charge in [0.25, 0.3) is 0 Å². The van der Waals surface area contributed by atoms with Gasteiger partial charge in [-0.1, -0.05) is 0 Å². The highest BCUT2D eigenvalue weighted by atomic mass is 19.1. The average molecular weight is 388 g/mol. The molecule has 1 aromatic carbocycles. The second-order valence-electron chi connectivity index (χ2n) is 6.55. The summed E-state index contributed by atoms with van der Waals surface area (Å²) in [5, 5.41) is 16.8. The van der Waals surface area contributed by atoms with Crippen LogP contribution in [0.2, 0.25) is 0 Å². The summed E-state index contributed by atoms with van der Waals surface area (Å²) >= 11 is 0. The number of piperidine rings is 1. The lowest BCUT2D eigenvalue weighted by Gasteiger charge is -2.33. The molecule has 0 spiro atoms. The molecule has 4 N–H and O–H groups in total. The van der Waals surface area contributed by atoms with Gasteiger partial charge in [-0.05, 0) is 37.1 Å². The first kappa shape index (κ1) is 19.3. The maximum Gasteiger partial charge on any atom is 0.311 e. The maximum absolute atomic E-state index is 14.7. The fraction of sp³-hybridized carbons (Fsp3) is 0.333. The van der Waals surface area contributed by atoms with Crippen LogP contribution in [0.1, 0.15) is 12.8 Å². The Bertz CT molecular complexity index is 907. The van der Waals surface area contributed by atoms with Gasteiger partial charge in [-0.2, -0.15) is 0 Å². The lowest BCUT2D eigenvalue weighted by molar-refractivity contribution is -0.384. The van der Waals surface area contributed by atoms with Crippen LogP contribution >= 0.6 is 0 Å². The number of nitrogens with two attached hydrogens (primary N) is 1. The highest BCUT2D eigenvalue weighted by Gasteiger charge is 2.26. The molecule has 1 aliphatic rings. The lowest BCUT2D eigenvalue weighted by Crippen LogP contribution is -2.41. The first-order valence-corrected chi connectivity index (χ1v) is 8.83. The molecule has 0 saturated carbocycles. The third-order valence-electron chi connectivity index (χ3n) is 4.70. The standard InChI is InChI=1S/C18H21FN6O3/c1-21-16-7-6-15(25(27)28)18(23-16)22-12-4-5-14(13(19)9-12)24-8-2-3-11(10-24)17(20)26/h4-7,9,11H,2-3,8,10H2,1H3,(H2,20,26)(H2,21,22,23). The first-order chi connectivity index (χ1) is 13.4. The minimum absolute atomic E-state index is 0.00997. The molecule has 0 radical (unpaired) electrons. The van der Waals surface area contributed by atoms with Crippen LogP contribution in [-0.2, 0) is 4.79 Å². The Hall–Kier alpha value is -3.43. The minimum Gasteiger partial charge on any atom is -0.373 e. The number of nitrogens with one attached hydrogen (secondary N) is 2. The normalized spacial score (nSPS) is 16.5. The number of carbonyl (C=O) groups is 1. The molecule has 148 valence electrons. The van der Waals surface area contributed by atoms with Crippen LogP contribution in [0.15, 0.2) is 30.3 Å². The Morgan fingerprint density at radius 1 is 1.39 bits per heavy atom. The number of primary amides is 1. The number of rotatable bonds is 6. The summed E-state index contributed by atoms with van der Waals surface area (Å²) in [6.45, 7) is 1.00. The molecule has 1 unspecified atom stereocenters. The van der Waals surface area contributed by atoms with Gasteiger partial charge in [-0.3, -0.25) is 14.9 Å². The quantitative estimate of drug-likeness (QED) is 0.513. The van der Waals surface area contributed by atoms with Gasteiger partial charge in [0.15, 0.2) is 0 Å². The number of aromatic nitrogens is 1. The Balaban J connectivity index is 1.83. The topological polar surface area (TPSA) is 126 Å². The summed E-state index contributed by atoms with van der Waals surface area (Å²) in [5.41, 5.74) is 5.85. The Labute approximate surface area is 160 Å². The summed E-state index contributed by atoms with van der Waals surface area (Å²) in [6, 6.07) is 7.25. The minimum atomic E-state index is -0.558. The monoisotopic (exact) mass is 388 g/mol. The van der Waals surface area contributed by atoms with E-state index < -0.39 is 10.7 Å². The van der Waals surface area contributed by atoms with Gasteiger partial charge in [0.1, 0.15) is 11.6 Å². The summed E-state index contributed by atoms with van der Waals surface area (Å²) in [4.78, 5) is 28.0. The third kappa shape index (κ3) is 4.11. The van der Waals surface area contributed by atoms with Crippen molar-refractivity contribution in [3.63, 3.8) is 0 Å². The second kappa shape index (κ2) is 8.07. The highest BCUT2D eigenvalue weighted by molar-refractivity contribution is 5.78. The molecule has 28 heavy (non-hydrogen) atoms. The number of benzene rings is 1. The average Bonchev–Trinajstić information content (AvgIpc) is 2.68. The number of pyridine rings is 1. The molecule has 2 aromatic rings. The van der Waals surface area contributed by atoms with E-state index in [-0.39, 0.29) is 23.3 Å². The molecule has 1 aromatic heterocycles. The molecule has 1 fully saturated rings. The maximum atomic E-state index is 14.7. The van der Waals surface area contributed by atoms with E-state index in [2.05, 4.69) is 15.6 Å².